The van der Waals surface area contributed by atoms with Crippen LogP contribution in [0.3, 0.4) is 0 Å². The first-order valence-corrected chi connectivity index (χ1v) is 9.36. The molecular formula is C23H23N3O2. The number of nitrogens with one attached hydrogen (secondary N) is 2. The lowest BCUT2D eigenvalue weighted by Crippen LogP contribution is -2.17. The summed E-state index contributed by atoms with van der Waals surface area (Å²) in [6, 6.07) is 16.7. The van der Waals surface area contributed by atoms with Crippen LogP contribution in [0.4, 0.5) is 11.4 Å². The fourth-order valence-electron chi connectivity index (χ4n) is 3.00. The third-order valence-electron chi connectivity index (χ3n) is 4.53. The van der Waals surface area contributed by atoms with Crippen molar-refractivity contribution < 1.29 is 9.59 Å². The molecule has 0 spiro atoms. The minimum Gasteiger partial charge on any atom is -0.322 e. The molecule has 28 heavy (non-hydrogen) atoms. The Kier molecular flexibility index (Phi) is 6.17. The molecule has 1 aromatic heterocycles. The number of hydrogen-bond donors (Lipinski definition) is 2. The minimum absolute atomic E-state index is 0.280. The maximum atomic E-state index is 12.8. The lowest BCUT2D eigenvalue weighted by atomic mass is 10.0. The first kappa shape index (κ1) is 19.3. The van der Waals surface area contributed by atoms with Gasteiger partial charge in [0, 0.05) is 23.8 Å². The van der Waals surface area contributed by atoms with Crippen molar-refractivity contribution >= 4 is 23.2 Å². The zero-order chi connectivity index (χ0) is 19.9. The molecule has 0 saturated carbocycles. The number of benzene rings is 2. The fraction of sp³-hybridized carbons (Fsp3) is 0.174. The molecule has 0 atom stereocenters. The number of amides is 2. The van der Waals surface area contributed by atoms with Gasteiger partial charge in [0.15, 0.2) is 0 Å². The van der Waals surface area contributed by atoms with E-state index in [2.05, 4.69) is 29.5 Å². The van der Waals surface area contributed by atoms with Crippen LogP contribution in [0.25, 0.3) is 0 Å². The van der Waals surface area contributed by atoms with E-state index in [1.807, 2.05) is 36.4 Å². The molecular weight excluding hydrogens is 350 g/mol. The van der Waals surface area contributed by atoms with Crippen LogP contribution < -0.4 is 10.6 Å². The molecule has 0 unspecified atom stereocenters. The van der Waals surface area contributed by atoms with Gasteiger partial charge in [0.05, 0.1) is 11.1 Å². The SMILES string of the molecule is CCc1cccc(CC)c1NC(=O)c1cncc(C(=O)Nc2ccccc2)c1. The number of anilines is 2. The average molecular weight is 373 g/mol. The van der Waals surface area contributed by atoms with E-state index in [0.717, 1.165) is 29.7 Å². The molecule has 2 aromatic carbocycles. The van der Waals surface area contributed by atoms with E-state index >= 15 is 0 Å². The summed E-state index contributed by atoms with van der Waals surface area (Å²) in [5, 5.41) is 5.80. The van der Waals surface area contributed by atoms with Gasteiger partial charge in [0.2, 0.25) is 0 Å². The summed E-state index contributed by atoms with van der Waals surface area (Å²) in [7, 11) is 0. The van der Waals surface area contributed by atoms with Gasteiger partial charge >= 0.3 is 0 Å². The standard InChI is InChI=1S/C23H23N3O2/c1-3-16-9-8-10-17(4-2)21(16)26-23(28)19-13-18(14-24-15-19)22(27)25-20-11-6-5-7-12-20/h5-15H,3-4H2,1-2H3,(H,25,27)(H,26,28). The van der Waals surface area contributed by atoms with E-state index in [-0.39, 0.29) is 11.8 Å². The van der Waals surface area contributed by atoms with Crippen LogP contribution in [0.1, 0.15) is 45.7 Å². The van der Waals surface area contributed by atoms with Crippen LogP contribution in [0, 0.1) is 0 Å². The van der Waals surface area contributed by atoms with Crippen molar-refractivity contribution in [3.8, 4) is 0 Å². The lowest BCUT2D eigenvalue weighted by molar-refractivity contribution is 0.102. The van der Waals surface area contributed by atoms with Gasteiger partial charge < -0.3 is 10.6 Å². The molecule has 5 nitrogen and oxygen atoms in total. The number of carbonyl (C=O) groups excluding carboxylic acids is 2. The normalized spacial score (nSPS) is 10.4. The molecule has 142 valence electrons. The predicted octanol–water partition coefficient (Wildman–Crippen LogP) is 4.71. The highest BCUT2D eigenvalue weighted by atomic mass is 16.2. The highest BCUT2D eigenvalue weighted by molar-refractivity contribution is 6.08. The summed E-state index contributed by atoms with van der Waals surface area (Å²) < 4.78 is 0. The number of carbonyl (C=O) groups is 2. The first-order valence-electron chi connectivity index (χ1n) is 9.36. The van der Waals surface area contributed by atoms with E-state index in [1.54, 1.807) is 18.2 Å². The number of nitrogens with zero attached hydrogens (tertiary/aromatic N) is 1. The van der Waals surface area contributed by atoms with E-state index in [9.17, 15) is 9.59 Å². The molecule has 0 fully saturated rings. The van der Waals surface area contributed by atoms with Crippen LogP contribution >= 0.6 is 0 Å². The monoisotopic (exact) mass is 373 g/mol. The van der Waals surface area contributed by atoms with Gasteiger partial charge in [0.25, 0.3) is 11.8 Å². The lowest BCUT2D eigenvalue weighted by Gasteiger charge is -2.14. The van der Waals surface area contributed by atoms with Gasteiger partial charge in [-0.05, 0) is 42.2 Å². The van der Waals surface area contributed by atoms with E-state index in [0.29, 0.717) is 16.8 Å². The molecule has 0 aliphatic rings. The van der Waals surface area contributed by atoms with Crippen LogP contribution in [-0.2, 0) is 12.8 Å². The Morgan fingerprint density at radius 2 is 1.36 bits per heavy atom. The quantitative estimate of drug-likeness (QED) is 0.657. The van der Waals surface area contributed by atoms with Crippen molar-refractivity contribution in [1.82, 2.24) is 4.98 Å². The van der Waals surface area contributed by atoms with Crippen LogP contribution in [0.5, 0.6) is 0 Å². The Morgan fingerprint density at radius 3 is 1.93 bits per heavy atom. The second-order valence-corrected chi connectivity index (χ2v) is 6.39. The molecule has 5 heteroatoms. The van der Waals surface area contributed by atoms with Gasteiger partial charge in [-0.15, -0.1) is 0 Å². The topological polar surface area (TPSA) is 71.1 Å². The smallest absolute Gasteiger partial charge is 0.257 e. The second kappa shape index (κ2) is 8.95. The Bertz CT molecular complexity index is 962. The number of aryl methyl sites for hydroxylation is 2. The Balaban J connectivity index is 1.81. The Hall–Kier alpha value is -3.47. The largest absolute Gasteiger partial charge is 0.322 e. The van der Waals surface area contributed by atoms with Crippen molar-refractivity contribution in [2.75, 3.05) is 10.6 Å². The number of hydrogen-bond acceptors (Lipinski definition) is 3. The van der Waals surface area contributed by atoms with Gasteiger partial charge in [0.1, 0.15) is 0 Å². The minimum atomic E-state index is -0.309. The van der Waals surface area contributed by atoms with Crippen molar-refractivity contribution in [3.05, 3.63) is 89.2 Å². The van der Waals surface area contributed by atoms with Gasteiger partial charge in [-0.2, -0.15) is 0 Å². The number of para-hydroxylation sites is 2. The molecule has 0 radical (unpaired) electrons. The maximum Gasteiger partial charge on any atom is 0.257 e. The molecule has 0 bridgehead atoms. The molecule has 0 aliphatic carbocycles. The summed E-state index contributed by atoms with van der Waals surface area (Å²) in [6.07, 6.45) is 4.56. The Morgan fingerprint density at radius 1 is 0.786 bits per heavy atom. The van der Waals surface area contributed by atoms with E-state index in [1.165, 1.54) is 12.4 Å². The van der Waals surface area contributed by atoms with Crippen molar-refractivity contribution in [3.63, 3.8) is 0 Å². The second-order valence-electron chi connectivity index (χ2n) is 6.39. The van der Waals surface area contributed by atoms with Gasteiger partial charge in [-0.25, -0.2) is 0 Å². The summed E-state index contributed by atoms with van der Waals surface area (Å²) in [5.41, 5.74) is 4.37. The first-order chi connectivity index (χ1) is 13.6. The molecule has 1 heterocycles. The third-order valence-corrected chi connectivity index (χ3v) is 4.53. The van der Waals surface area contributed by atoms with E-state index in [4.69, 9.17) is 0 Å². The van der Waals surface area contributed by atoms with Gasteiger partial charge in [-0.3, -0.25) is 14.6 Å². The molecule has 3 rings (SSSR count). The van der Waals surface area contributed by atoms with Crippen molar-refractivity contribution in [2.45, 2.75) is 26.7 Å². The van der Waals surface area contributed by atoms with Crippen LogP contribution in [0.15, 0.2) is 67.0 Å². The molecule has 0 aliphatic heterocycles. The third kappa shape index (κ3) is 4.43. The number of aromatic nitrogens is 1. The zero-order valence-corrected chi connectivity index (χ0v) is 16.0. The predicted molar refractivity (Wildman–Crippen MR) is 112 cm³/mol. The van der Waals surface area contributed by atoms with Crippen LogP contribution in [0.2, 0.25) is 0 Å². The Labute approximate surface area is 164 Å². The summed E-state index contributed by atoms with van der Waals surface area (Å²) in [5.74, 6) is -0.589. The fourth-order valence-corrected chi connectivity index (χ4v) is 3.00. The average Bonchev–Trinajstić information content (AvgIpc) is 2.74. The van der Waals surface area contributed by atoms with Crippen molar-refractivity contribution in [1.29, 1.82) is 0 Å². The highest BCUT2D eigenvalue weighted by Crippen LogP contribution is 2.23. The van der Waals surface area contributed by atoms with Crippen LogP contribution in [-0.4, -0.2) is 16.8 Å². The summed E-state index contributed by atoms with van der Waals surface area (Å²) in [6.45, 7) is 4.11. The summed E-state index contributed by atoms with van der Waals surface area (Å²) in [4.78, 5) is 29.3. The van der Waals surface area contributed by atoms with E-state index < -0.39 is 0 Å². The zero-order valence-electron chi connectivity index (χ0n) is 16.0. The summed E-state index contributed by atoms with van der Waals surface area (Å²) >= 11 is 0. The molecule has 3 aromatic rings. The number of pyridine rings is 1. The number of rotatable bonds is 6. The van der Waals surface area contributed by atoms with Crippen molar-refractivity contribution in [2.24, 2.45) is 0 Å². The highest BCUT2D eigenvalue weighted by Gasteiger charge is 2.14. The maximum absolute atomic E-state index is 12.8. The molecule has 0 saturated heterocycles. The molecule has 2 amide bonds. The molecule has 2 N–H and O–H groups in total. The van der Waals surface area contributed by atoms with Gasteiger partial charge in [-0.1, -0.05) is 50.2 Å².